The van der Waals surface area contributed by atoms with Crippen molar-refractivity contribution in [2.45, 2.75) is 20.5 Å². The second-order valence-electron chi connectivity index (χ2n) is 4.65. The molecular weight excluding hydrogens is 272 g/mol. The quantitative estimate of drug-likeness (QED) is 0.809. The van der Waals surface area contributed by atoms with Crippen molar-refractivity contribution in [2.24, 2.45) is 0 Å². The SMILES string of the molecule is COC(=O)c1ccc(COC(=O)c2cc(C)ccc2C)o1. The Hall–Kier alpha value is -2.56. The number of ether oxygens (including phenoxy) is 2. The largest absolute Gasteiger partial charge is 0.463 e. The second kappa shape index (κ2) is 6.26. The average Bonchev–Trinajstić information content (AvgIpc) is 2.95. The Morgan fingerprint density at radius 2 is 1.86 bits per heavy atom. The van der Waals surface area contributed by atoms with E-state index in [4.69, 9.17) is 9.15 Å². The summed E-state index contributed by atoms with van der Waals surface area (Å²) in [5, 5.41) is 0. The van der Waals surface area contributed by atoms with Gasteiger partial charge >= 0.3 is 11.9 Å². The molecule has 0 saturated heterocycles. The lowest BCUT2D eigenvalue weighted by molar-refractivity contribution is 0.0437. The van der Waals surface area contributed by atoms with Gasteiger partial charge < -0.3 is 13.9 Å². The van der Waals surface area contributed by atoms with E-state index in [1.54, 1.807) is 12.1 Å². The summed E-state index contributed by atoms with van der Waals surface area (Å²) in [6.07, 6.45) is 0. The predicted octanol–water partition coefficient (Wildman–Crippen LogP) is 3.04. The van der Waals surface area contributed by atoms with Crippen LogP contribution in [0.4, 0.5) is 0 Å². The van der Waals surface area contributed by atoms with Crippen molar-refractivity contribution in [3.63, 3.8) is 0 Å². The number of hydrogen-bond donors (Lipinski definition) is 0. The van der Waals surface area contributed by atoms with Gasteiger partial charge in [0.15, 0.2) is 0 Å². The van der Waals surface area contributed by atoms with Gasteiger partial charge in [0.1, 0.15) is 12.4 Å². The van der Waals surface area contributed by atoms with Gasteiger partial charge in [-0.05, 0) is 37.6 Å². The zero-order chi connectivity index (χ0) is 15.4. The lowest BCUT2D eigenvalue weighted by atomic mass is 10.1. The molecule has 1 aromatic carbocycles. The summed E-state index contributed by atoms with van der Waals surface area (Å²) in [6.45, 7) is 3.72. The van der Waals surface area contributed by atoms with Crippen LogP contribution in [0.5, 0.6) is 0 Å². The molecule has 1 heterocycles. The van der Waals surface area contributed by atoms with Crippen LogP contribution in [0.2, 0.25) is 0 Å². The zero-order valence-electron chi connectivity index (χ0n) is 12.1. The van der Waals surface area contributed by atoms with Crippen molar-refractivity contribution in [1.29, 1.82) is 0 Å². The fourth-order valence-electron chi connectivity index (χ4n) is 1.84. The number of carbonyl (C=O) groups is 2. The molecule has 1 aromatic heterocycles. The van der Waals surface area contributed by atoms with Crippen LogP contribution in [-0.4, -0.2) is 19.0 Å². The van der Waals surface area contributed by atoms with Gasteiger partial charge in [0.2, 0.25) is 5.76 Å². The molecule has 0 fully saturated rings. The van der Waals surface area contributed by atoms with E-state index in [-0.39, 0.29) is 12.4 Å². The standard InChI is InChI=1S/C16H16O5/c1-10-4-5-11(2)13(8-10)15(17)20-9-12-6-7-14(21-12)16(18)19-3/h4-8H,9H2,1-3H3. The smallest absolute Gasteiger partial charge is 0.373 e. The molecule has 110 valence electrons. The first kappa shape index (κ1) is 14.8. The number of aryl methyl sites for hydroxylation is 2. The van der Waals surface area contributed by atoms with E-state index in [1.165, 1.54) is 13.2 Å². The monoisotopic (exact) mass is 288 g/mol. The third-order valence-corrected chi connectivity index (χ3v) is 3.01. The van der Waals surface area contributed by atoms with Crippen LogP contribution >= 0.6 is 0 Å². The molecular formula is C16H16O5. The molecule has 2 aromatic rings. The number of furan rings is 1. The summed E-state index contributed by atoms with van der Waals surface area (Å²) in [6, 6.07) is 8.63. The maximum atomic E-state index is 12.0. The summed E-state index contributed by atoms with van der Waals surface area (Å²) >= 11 is 0. The lowest BCUT2D eigenvalue weighted by Gasteiger charge is -2.06. The summed E-state index contributed by atoms with van der Waals surface area (Å²) < 4.78 is 14.9. The summed E-state index contributed by atoms with van der Waals surface area (Å²) in [4.78, 5) is 23.3. The Morgan fingerprint density at radius 1 is 1.10 bits per heavy atom. The first-order valence-electron chi connectivity index (χ1n) is 6.42. The van der Waals surface area contributed by atoms with Gasteiger partial charge in [-0.2, -0.15) is 0 Å². The highest BCUT2D eigenvalue weighted by atomic mass is 16.5. The van der Waals surface area contributed by atoms with Crippen LogP contribution in [0.25, 0.3) is 0 Å². The topological polar surface area (TPSA) is 65.7 Å². The predicted molar refractivity (Wildman–Crippen MR) is 75.1 cm³/mol. The zero-order valence-corrected chi connectivity index (χ0v) is 12.1. The molecule has 0 aliphatic rings. The van der Waals surface area contributed by atoms with Gasteiger partial charge in [-0.15, -0.1) is 0 Å². The van der Waals surface area contributed by atoms with Crippen molar-refractivity contribution < 1.29 is 23.5 Å². The van der Waals surface area contributed by atoms with Gasteiger partial charge in [0, 0.05) is 0 Å². The van der Waals surface area contributed by atoms with Crippen molar-refractivity contribution in [3.05, 3.63) is 58.5 Å². The van der Waals surface area contributed by atoms with E-state index < -0.39 is 11.9 Å². The molecule has 0 bridgehead atoms. The molecule has 0 spiro atoms. The van der Waals surface area contributed by atoms with Crippen molar-refractivity contribution >= 4 is 11.9 Å². The van der Waals surface area contributed by atoms with E-state index >= 15 is 0 Å². The Bertz CT molecular complexity index is 669. The molecule has 0 unspecified atom stereocenters. The third-order valence-electron chi connectivity index (χ3n) is 3.01. The van der Waals surface area contributed by atoms with Crippen molar-refractivity contribution in [1.82, 2.24) is 0 Å². The first-order valence-corrected chi connectivity index (χ1v) is 6.42. The molecule has 5 nitrogen and oxygen atoms in total. The molecule has 0 radical (unpaired) electrons. The number of rotatable bonds is 4. The third kappa shape index (κ3) is 3.51. The van der Waals surface area contributed by atoms with Crippen LogP contribution in [0.1, 0.15) is 37.8 Å². The number of methoxy groups -OCH3 is 1. The van der Waals surface area contributed by atoms with E-state index in [2.05, 4.69) is 4.74 Å². The Labute approximate surface area is 122 Å². The average molecular weight is 288 g/mol. The van der Waals surface area contributed by atoms with Crippen LogP contribution in [0, 0.1) is 13.8 Å². The highest BCUT2D eigenvalue weighted by Gasteiger charge is 2.14. The Kier molecular flexibility index (Phi) is 4.42. The molecule has 0 atom stereocenters. The molecule has 0 amide bonds. The van der Waals surface area contributed by atoms with Crippen LogP contribution in [0.3, 0.4) is 0 Å². The number of esters is 2. The molecule has 2 rings (SSSR count). The normalized spacial score (nSPS) is 10.2. The Balaban J connectivity index is 2.02. The number of carbonyl (C=O) groups excluding carboxylic acids is 2. The minimum absolute atomic E-state index is 0.0385. The number of hydrogen-bond acceptors (Lipinski definition) is 5. The van der Waals surface area contributed by atoms with E-state index in [0.29, 0.717) is 11.3 Å². The highest BCUT2D eigenvalue weighted by molar-refractivity contribution is 5.91. The Morgan fingerprint density at radius 3 is 2.57 bits per heavy atom. The lowest BCUT2D eigenvalue weighted by Crippen LogP contribution is -2.07. The molecule has 5 heteroatoms. The van der Waals surface area contributed by atoms with E-state index in [0.717, 1.165) is 11.1 Å². The molecule has 21 heavy (non-hydrogen) atoms. The molecule has 0 aliphatic carbocycles. The summed E-state index contributed by atoms with van der Waals surface area (Å²) in [7, 11) is 1.27. The van der Waals surface area contributed by atoms with Gasteiger partial charge in [-0.1, -0.05) is 17.7 Å². The maximum Gasteiger partial charge on any atom is 0.373 e. The van der Waals surface area contributed by atoms with Crippen LogP contribution in [0.15, 0.2) is 34.7 Å². The van der Waals surface area contributed by atoms with Crippen molar-refractivity contribution in [2.75, 3.05) is 7.11 Å². The minimum atomic E-state index is -0.567. The molecule has 0 saturated carbocycles. The summed E-state index contributed by atoms with van der Waals surface area (Å²) in [5.41, 5.74) is 2.36. The minimum Gasteiger partial charge on any atom is -0.463 e. The van der Waals surface area contributed by atoms with Crippen LogP contribution in [-0.2, 0) is 16.1 Å². The van der Waals surface area contributed by atoms with E-state index in [1.807, 2.05) is 26.0 Å². The fourth-order valence-corrected chi connectivity index (χ4v) is 1.84. The van der Waals surface area contributed by atoms with Gasteiger partial charge in [-0.3, -0.25) is 0 Å². The highest BCUT2D eigenvalue weighted by Crippen LogP contribution is 2.15. The van der Waals surface area contributed by atoms with Crippen molar-refractivity contribution in [3.8, 4) is 0 Å². The fraction of sp³-hybridized carbons (Fsp3) is 0.250. The van der Waals surface area contributed by atoms with Gasteiger partial charge in [0.05, 0.1) is 12.7 Å². The second-order valence-corrected chi connectivity index (χ2v) is 4.65. The van der Waals surface area contributed by atoms with Gasteiger partial charge in [0.25, 0.3) is 0 Å². The maximum absolute atomic E-state index is 12.0. The van der Waals surface area contributed by atoms with E-state index in [9.17, 15) is 9.59 Å². The molecule has 0 N–H and O–H groups in total. The molecule has 0 aliphatic heterocycles. The van der Waals surface area contributed by atoms with Gasteiger partial charge in [-0.25, -0.2) is 9.59 Å². The summed E-state index contributed by atoms with van der Waals surface area (Å²) in [5.74, 6) is -0.529. The number of benzene rings is 1. The van der Waals surface area contributed by atoms with Crippen LogP contribution < -0.4 is 0 Å². The first-order chi connectivity index (χ1) is 10.0.